The number of rotatable bonds is 7. The molecule has 0 aromatic heterocycles. The lowest BCUT2D eigenvalue weighted by atomic mass is 9.97. The van der Waals surface area contributed by atoms with Crippen molar-refractivity contribution in [1.82, 2.24) is 0 Å². The first kappa shape index (κ1) is 21.5. The van der Waals surface area contributed by atoms with Gasteiger partial charge >= 0.3 is 5.97 Å². The third kappa shape index (κ3) is 4.67. The van der Waals surface area contributed by atoms with Crippen LogP contribution >= 0.6 is 0 Å². The summed E-state index contributed by atoms with van der Waals surface area (Å²) in [5, 5.41) is 2.87. The maximum atomic E-state index is 12.6. The van der Waals surface area contributed by atoms with E-state index >= 15 is 0 Å². The molecule has 1 aliphatic heterocycles. The molecule has 7 heteroatoms. The highest BCUT2D eigenvalue weighted by atomic mass is 16.6. The molecule has 0 saturated carbocycles. The number of carbonyl (C=O) groups excluding carboxylic acids is 2. The molecule has 0 bridgehead atoms. The third-order valence-corrected chi connectivity index (χ3v) is 5.08. The summed E-state index contributed by atoms with van der Waals surface area (Å²) >= 11 is 0. The van der Waals surface area contributed by atoms with Gasteiger partial charge in [-0.25, -0.2) is 4.79 Å². The van der Waals surface area contributed by atoms with Gasteiger partial charge in [0.15, 0.2) is 17.6 Å². The van der Waals surface area contributed by atoms with Crippen molar-refractivity contribution in [3.8, 4) is 17.2 Å². The van der Waals surface area contributed by atoms with Crippen LogP contribution in [0.5, 0.6) is 17.2 Å². The highest BCUT2D eigenvalue weighted by molar-refractivity contribution is 5.98. The Hall–Kier alpha value is -3.22. The number of nitrogens with one attached hydrogen (secondary N) is 1. The van der Waals surface area contributed by atoms with Gasteiger partial charge in [-0.05, 0) is 43.0 Å². The predicted octanol–water partition coefficient (Wildman–Crippen LogP) is 4.16. The zero-order valence-corrected chi connectivity index (χ0v) is 17.7. The number of ether oxygens (including phenoxy) is 4. The lowest BCUT2D eigenvalue weighted by molar-refractivity contribution is -0.123. The summed E-state index contributed by atoms with van der Waals surface area (Å²) in [6, 6.07) is 10.7. The summed E-state index contributed by atoms with van der Waals surface area (Å²) in [6.45, 7) is 6.51. The Labute approximate surface area is 176 Å². The molecule has 0 radical (unpaired) electrons. The van der Waals surface area contributed by atoms with E-state index in [1.165, 1.54) is 26.2 Å². The Bertz CT molecular complexity index is 909. The van der Waals surface area contributed by atoms with E-state index in [0.717, 1.165) is 17.7 Å². The van der Waals surface area contributed by atoms with Crippen LogP contribution in [0.3, 0.4) is 0 Å². The summed E-state index contributed by atoms with van der Waals surface area (Å²) in [5.74, 6) is 0.481. The molecule has 0 unspecified atom stereocenters. The molecular weight excluding hydrogens is 386 g/mol. The Morgan fingerprint density at radius 2 is 1.87 bits per heavy atom. The fourth-order valence-electron chi connectivity index (χ4n) is 3.17. The minimum Gasteiger partial charge on any atom is -0.493 e. The maximum absolute atomic E-state index is 12.6. The van der Waals surface area contributed by atoms with E-state index in [0.29, 0.717) is 36.4 Å². The molecule has 1 N–H and O–H groups in total. The fraction of sp³-hybridized carbons (Fsp3) is 0.391. The van der Waals surface area contributed by atoms with Gasteiger partial charge in [0, 0.05) is 5.69 Å². The second-order valence-electron chi connectivity index (χ2n) is 7.14. The van der Waals surface area contributed by atoms with E-state index in [1.54, 1.807) is 0 Å². The topological polar surface area (TPSA) is 83.1 Å². The van der Waals surface area contributed by atoms with Gasteiger partial charge in [-0.15, -0.1) is 0 Å². The molecular formula is C23H27NO6. The average Bonchev–Trinajstić information content (AvgIpc) is 2.77. The summed E-state index contributed by atoms with van der Waals surface area (Å²) in [7, 11) is 1.48. The number of amides is 1. The van der Waals surface area contributed by atoms with E-state index in [9.17, 15) is 9.59 Å². The van der Waals surface area contributed by atoms with Gasteiger partial charge < -0.3 is 24.3 Å². The van der Waals surface area contributed by atoms with E-state index in [1.807, 2.05) is 24.3 Å². The molecule has 2 aromatic rings. The normalized spacial score (nSPS) is 14.4. The fourth-order valence-corrected chi connectivity index (χ4v) is 3.17. The van der Waals surface area contributed by atoms with Crippen LogP contribution in [0.2, 0.25) is 0 Å². The smallest absolute Gasteiger partial charge is 0.339 e. The molecule has 0 aliphatic carbocycles. The summed E-state index contributed by atoms with van der Waals surface area (Å²) in [5.41, 5.74) is 1.99. The van der Waals surface area contributed by atoms with E-state index in [4.69, 9.17) is 18.9 Å². The molecule has 1 aliphatic rings. The molecule has 3 rings (SSSR count). The molecule has 0 fully saturated rings. The third-order valence-electron chi connectivity index (χ3n) is 5.08. The Balaban J connectivity index is 1.71. The van der Waals surface area contributed by atoms with Crippen LogP contribution in [0.1, 0.15) is 49.0 Å². The first-order valence-electron chi connectivity index (χ1n) is 10.0. The SMILES string of the molecule is CC[C@@H](C)c1ccccc1NC(=O)[C@@H](C)OC(=O)c1cc(OC)c2c(c1)OCCO2. The van der Waals surface area contributed by atoms with Crippen LogP contribution in [0.25, 0.3) is 0 Å². The minimum atomic E-state index is -0.985. The van der Waals surface area contributed by atoms with Crippen molar-refractivity contribution in [3.63, 3.8) is 0 Å². The van der Waals surface area contributed by atoms with Crippen molar-refractivity contribution in [3.05, 3.63) is 47.5 Å². The summed E-state index contributed by atoms with van der Waals surface area (Å²) < 4.78 is 21.8. The van der Waals surface area contributed by atoms with E-state index < -0.39 is 18.0 Å². The number of hydrogen-bond donors (Lipinski definition) is 1. The first-order chi connectivity index (χ1) is 14.4. The highest BCUT2D eigenvalue weighted by Gasteiger charge is 2.25. The number of hydrogen-bond acceptors (Lipinski definition) is 6. The number of esters is 1. The number of anilines is 1. The zero-order chi connectivity index (χ0) is 21.7. The molecule has 30 heavy (non-hydrogen) atoms. The van der Waals surface area contributed by atoms with Crippen molar-refractivity contribution in [2.24, 2.45) is 0 Å². The lowest BCUT2D eigenvalue weighted by Crippen LogP contribution is -2.30. The highest BCUT2D eigenvalue weighted by Crippen LogP contribution is 2.40. The molecule has 2 atom stereocenters. The monoisotopic (exact) mass is 413 g/mol. The molecule has 7 nitrogen and oxygen atoms in total. The van der Waals surface area contributed by atoms with Gasteiger partial charge in [-0.3, -0.25) is 4.79 Å². The Kier molecular flexibility index (Phi) is 6.82. The summed E-state index contributed by atoms with van der Waals surface area (Å²) in [4.78, 5) is 25.3. The number of methoxy groups -OCH3 is 1. The lowest BCUT2D eigenvalue weighted by Gasteiger charge is -2.21. The number of carbonyl (C=O) groups is 2. The van der Waals surface area contributed by atoms with Crippen LogP contribution in [0, 0.1) is 0 Å². The van der Waals surface area contributed by atoms with Crippen molar-refractivity contribution in [2.45, 2.75) is 39.2 Å². The summed E-state index contributed by atoms with van der Waals surface area (Å²) in [6.07, 6.45) is -0.0368. The van der Waals surface area contributed by atoms with Gasteiger partial charge in [0.2, 0.25) is 5.75 Å². The van der Waals surface area contributed by atoms with Crippen LogP contribution in [0.15, 0.2) is 36.4 Å². The zero-order valence-electron chi connectivity index (χ0n) is 17.7. The van der Waals surface area contributed by atoms with Crippen LogP contribution < -0.4 is 19.5 Å². The second kappa shape index (κ2) is 9.52. The van der Waals surface area contributed by atoms with E-state index in [-0.39, 0.29) is 5.56 Å². The molecule has 0 saturated heterocycles. The number of fused-ring (bicyclic) bond motifs is 1. The average molecular weight is 413 g/mol. The maximum Gasteiger partial charge on any atom is 0.339 e. The standard InChI is InChI=1S/C23H27NO6/c1-5-14(2)17-8-6-7-9-18(17)24-22(25)15(3)30-23(26)16-12-19(27-4)21-20(13-16)28-10-11-29-21/h6-9,12-15H,5,10-11H2,1-4H3,(H,24,25)/t14-,15-/m1/s1. The molecule has 1 amide bonds. The Morgan fingerprint density at radius 1 is 1.13 bits per heavy atom. The van der Waals surface area contributed by atoms with Gasteiger partial charge in [-0.1, -0.05) is 32.0 Å². The van der Waals surface area contributed by atoms with Crippen molar-refractivity contribution in [2.75, 3.05) is 25.6 Å². The van der Waals surface area contributed by atoms with E-state index in [2.05, 4.69) is 19.2 Å². The van der Waals surface area contributed by atoms with Crippen LogP contribution in [0.4, 0.5) is 5.69 Å². The van der Waals surface area contributed by atoms with Crippen LogP contribution in [-0.2, 0) is 9.53 Å². The van der Waals surface area contributed by atoms with Gasteiger partial charge in [0.05, 0.1) is 12.7 Å². The predicted molar refractivity (Wildman–Crippen MR) is 113 cm³/mol. The van der Waals surface area contributed by atoms with Crippen molar-refractivity contribution >= 4 is 17.6 Å². The van der Waals surface area contributed by atoms with Crippen LogP contribution in [-0.4, -0.2) is 38.3 Å². The first-order valence-corrected chi connectivity index (χ1v) is 10.0. The number of benzene rings is 2. The Morgan fingerprint density at radius 3 is 2.60 bits per heavy atom. The molecule has 1 heterocycles. The quantitative estimate of drug-likeness (QED) is 0.686. The van der Waals surface area contributed by atoms with Gasteiger partial charge in [-0.2, -0.15) is 0 Å². The van der Waals surface area contributed by atoms with Crippen molar-refractivity contribution < 1.29 is 28.5 Å². The van der Waals surface area contributed by atoms with Gasteiger partial charge in [0.25, 0.3) is 5.91 Å². The van der Waals surface area contributed by atoms with Crippen molar-refractivity contribution in [1.29, 1.82) is 0 Å². The second-order valence-corrected chi connectivity index (χ2v) is 7.14. The largest absolute Gasteiger partial charge is 0.493 e. The molecule has 160 valence electrons. The molecule has 2 aromatic carbocycles. The van der Waals surface area contributed by atoms with Gasteiger partial charge in [0.1, 0.15) is 13.2 Å². The molecule has 0 spiro atoms. The minimum absolute atomic E-state index is 0.218. The number of para-hydroxylation sites is 1.